The van der Waals surface area contributed by atoms with Crippen LogP contribution < -0.4 is 5.32 Å². The van der Waals surface area contributed by atoms with Crippen LogP contribution in [0.2, 0.25) is 0 Å². The van der Waals surface area contributed by atoms with Gasteiger partial charge in [-0.05, 0) is 44.7 Å². The molecule has 0 saturated carbocycles. The molecular formula is C19H30N2O3. The number of hydrogen-bond donors (Lipinski definition) is 1. The van der Waals surface area contributed by atoms with Crippen LogP contribution in [0.15, 0.2) is 24.3 Å². The summed E-state index contributed by atoms with van der Waals surface area (Å²) in [4.78, 5) is 14.0. The molecule has 1 fully saturated rings. The zero-order valence-electron chi connectivity index (χ0n) is 15.3. The van der Waals surface area contributed by atoms with Gasteiger partial charge in [-0.15, -0.1) is 0 Å². The Morgan fingerprint density at radius 2 is 1.92 bits per heavy atom. The van der Waals surface area contributed by atoms with Crippen molar-refractivity contribution in [3.63, 3.8) is 0 Å². The molecule has 0 aliphatic carbocycles. The Kier molecular flexibility index (Phi) is 6.63. The Morgan fingerprint density at radius 3 is 2.50 bits per heavy atom. The number of rotatable bonds is 6. The van der Waals surface area contributed by atoms with E-state index in [0.717, 1.165) is 32.5 Å². The van der Waals surface area contributed by atoms with Crippen molar-refractivity contribution in [1.29, 1.82) is 0 Å². The van der Waals surface area contributed by atoms with E-state index in [9.17, 15) is 4.79 Å². The first kappa shape index (κ1) is 18.7. The highest BCUT2D eigenvalue weighted by atomic mass is 16.6. The fraction of sp³-hybridized carbons (Fsp3) is 0.632. The summed E-state index contributed by atoms with van der Waals surface area (Å²) < 4.78 is 10.6. The lowest BCUT2D eigenvalue weighted by molar-refractivity contribution is 0.0528. The van der Waals surface area contributed by atoms with E-state index in [1.54, 1.807) is 7.11 Å². The van der Waals surface area contributed by atoms with E-state index in [2.05, 4.69) is 34.5 Å². The maximum absolute atomic E-state index is 11.6. The van der Waals surface area contributed by atoms with Crippen LogP contribution in [-0.4, -0.2) is 49.4 Å². The van der Waals surface area contributed by atoms with Crippen molar-refractivity contribution < 1.29 is 14.3 Å². The Balaban J connectivity index is 1.71. The van der Waals surface area contributed by atoms with Gasteiger partial charge in [0.25, 0.3) is 0 Å². The molecule has 0 radical (unpaired) electrons. The fourth-order valence-electron chi connectivity index (χ4n) is 2.83. The van der Waals surface area contributed by atoms with Gasteiger partial charge in [0.2, 0.25) is 0 Å². The number of ether oxygens (including phenoxy) is 2. The number of carbonyl (C=O) groups is 1. The molecule has 0 bridgehead atoms. The number of likely N-dealkylation sites (tertiary alicyclic amines) is 1. The molecule has 5 heteroatoms. The van der Waals surface area contributed by atoms with Crippen molar-refractivity contribution >= 4 is 6.09 Å². The molecule has 1 atom stereocenters. The topological polar surface area (TPSA) is 50.8 Å². The number of methoxy groups -OCH3 is 1. The summed E-state index contributed by atoms with van der Waals surface area (Å²) in [6.07, 6.45) is 1.93. The molecule has 5 nitrogen and oxygen atoms in total. The second-order valence-electron chi connectivity index (χ2n) is 7.38. The van der Waals surface area contributed by atoms with Crippen molar-refractivity contribution in [2.24, 2.45) is 0 Å². The summed E-state index contributed by atoms with van der Waals surface area (Å²) in [6, 6.07) is 8.61. The normalized spacial score (nSPS) is 18.6. The monoisotopic (exact) mass is 334 g/mol. The summed E-state index contributed by atoms with van der Waals surface area (Å²) in [5, 5.41) is 2.79. The average Bonchev–Trinajstić information content (AvgIpc) is 2.95. The van der Waals surface area contributed by atoms with Gasteiger partial charge in [0, 0.05) is 33.3 Å². The van der Waals surface area contributed by atoms with Gasteiger partial charge in [-0.3, -0.25) is 4.90 Å². The van der Waals surface area contributed by atoms with Crippen LogP contribution in [-0.2, 0) is 22.4 Å². The lowest BCUT2D eigenvalue weighted by Crippen LogP contribution is -2.33. The molecule has 2 rings (SSSR count). The summed E-state index contributed by atoms with van der Waals surface area (Å²) in [5.41, 5.74) is 2.07. The highest BCUT2D eigenvalue weighted by Gasteiger charge is 2.21. The van der Waals surface area contributed by atoms with Gasteiger partial charge in [-0.1, -0.05) is 24.3 Å². The van der Waals surface area contributed by atoms with Gasteiger partial charge < -0.3 is 14.8 Å². The third-order valence-corrected chi connectivity index (χ3v) is 4.07. The van der Waals surface area contributed by atoms with Crippen molar-refractivity contribution in [3.05, 3.63) is 35.4 Å². The standard InChI is InChI=1S/C19H30N2O3/c1-19(2,3)24-18(22)20-11-9-15-5-7-16(8-6-15)13-21-12-10-17(14-21)23-4/h5-8,17H,9-14H2,1-4H3,(H,20,22). The molecule has 1 aromatic carbocycles. The van der Waals surface area contributed by atoms with Gasteiger partial charge in [-0.2, -0.15) is 0 Å². The number of alkyl carbamates (subject to hydrolysis) is 1. The van der Waals surface area contributed by atoms with Gasteiger partial charge >= 0.3 is 6.09 Å². The van der Waals surface area contributed by atoms with Crippen LogP contribution in [0.25, 0.3) is 0 Å². The van der Waals surface area contributed by atoms with Crippen molar-refractivity contribution in [1.82, 2.24) is 10.2 Å². The lowest BCUT2D eigenvalue weighted by Gasteiger charge is -2.19. The first-order valence-electron chi connectivity index (χ1n) is 8.65. The molecule has 1 heterocycles. The molecule has 1 unspecified atom stereocenters. The van der Waals surface area contributed by atoms with E-state index in [0.29, 0.717) is 12.6 Å². The lowest BCUT2D eigenvalue weighted by atomic mass is 10.1. The minimum absolute atomic E-state index is 0.360. The first-order chi connectivity index (χ1) is 11.4. The van der Waals surface area contributed by atoms with Gasteiger partial charge in [0.05, 0.1) is 6.10 Å². The smallest absolute Gasteiger partial charge is 0.407 e. The SMILES string of the molecule is COC1CCN(Cc2ccc(CCNC(=O)OC(C)(C)C)cc2)C1. The highest BCUT2D eigenvalue weighted by molar-refractivity contribution is 5.67. The summed E-state index contributed by atoms with van der Waals surface area (Å²) in [5.74, 6) is 0. The van der Waals surface area contributed by atoms with E-state index in [-0.39, 0.29) is 6.09 Å². The number of amides is 1. The number of carbonyl (C=O) groups excluding carboxylic acids is 1. The van der Waals surface area contributed by atoms with E-state index in [1.807, 2.05) is 20.8 Å². The second-order valence-corrected chi connectivity index (χ2v) is 7.38. The van der Waals surface area contributed by atoms with Crippen LogP contribution in [0.4, 0.5) is 4.79 Å². The molecule has 0 spiro atoms. The third-order valence-electron chi connectivity index (χ3n) is 4.07. The van der Waals surface area contributed by atoms with Crippen molar-refractivity contribution in [3.8, 4) is 0 Å². The molecule has 1 saturated heterocycles. The zero-order valence-corrected chi connectivity index (χ0v) is 15.3. The molecule has 1 aromatic rings. The molecule has 1 aliphatic heterocycles. The molecule has 1 aliphatic rings. The van der Waals surface area contributed by atoms with Crippen molar-refractivity contribution in [2.75, 3.05) is 26.7 Å². The third kappa shape index (κ3) is 6.49. The molecule has 0 aromatic heterocycles. The minimum Gasteiger partial charge on any atom is -0.444 e. The van der Waals surface area contributed by atoms with E-state index in [1.165, 1.54) is 11.1 Å². The first-order valence-corrected chi connectivity index (χ1v) is 8.65. The van der Waals surface area contributed by atoms with Gasteiger partial charge in [-0.25, -0.2) is 4.79 Å². The Hall–Kier alpha value is -1.59. The largest absolute Gasteiger partial charge is 0.444 e. The zero-order chi connectivity index (χ0) is 17.6. The van der Waals surface area contributed by atoms with Crippen LogP contribution in [0.5, 0.6) is 0 Å². The van der Waals surface area contributed by atoms with Crippen LogP contribution in [0.3, 0.4) is 0 Å². The molecule has 24 heavy (non-hydrogen) atoms. The Labute approximate surface area is 145 Å². The predicted molar refractivity (Wildman–Crippen MR) is 95.1 cm³/mol. The second kappa shape index (κ2) is 8.49. The quantitative estimate of drug-likeness (QED) is 0.869. The van der Waals surface area contributed by atoms with E-state index >= 15 is 0 Å². The van der Waals surface area contributed by atoms with Gasteiger partial charge in [0.1, 0.15) is 5.60 Å². The summed E-state index contributed by atoms with van der Waals surface area (Å²) in [7, 11) is 1.79. The summed E-state index contributed by atoms with van der Waals surface area (Å²) in [6.45, 7) is 9.24. The number of benzene rings is 1. The molecular weight excluding hydrogens is 304 g/mol. The number of nitrogens with zero attached hydrogens (tertiary/aromatic N) is 1. The molecule has 1 amide bonds. The van der Waals surface area contributed by atoms with Gasteiger partial charge in [0.15, 0.2) is 0 Å². The number of hydrogen-bond acceptors (Lipinski definition) is 4. The molecule has 134 valence electrons. The Morgan fingerprint density at radius 1 is 1.25 bits per heavy atom. The van der Waals surface area contributed by atoms with E-state index < -0.39 is 5.60 Å². The summed E-state index contributed by atoms with van der Waals surface area (Å²) >= 11 is 0. The minimum atomic E-state index is -0.455. The predicted octanol–water partition coefficient (Wildman–Crippen LogP) is 2.97. The average molecular weight is 334 g/mol. The van der Waals surface area contributed by atoms with E-state index in [4.69, 9.17) is 9.47 Å². The fourth-order valence-corrected chi connectivity index (χ4v) is 2.83. The number of nitrogens with one attached hydrogen (secondary N) is 1. The van der Waals surface area contributed by atoms with Crippen molar-refractivity contribution in [2.45, 2.75) is 51.9 Å². The van der Waals surface area contributed by atoms with Crippen LogP contribution >= 0.6 is 0 Å². The Bertz CT molecular complexity index is 522. The van der Waals surface area contributed by atoms with Crippen LogP contribution in [0.1, 0.15) is 38.3 Å². The maximum Gasteiger partial charge on any atom is 0.407 e. The van der Waals surface area contributed by atoms with Crippen LogP contribution in [0, 0.1) is 0 Å². The molecule has 1 N–H and O–H groups in total. The maximum atomic E-state index is 11.6. The highest BCUT2D eigenvalue weighted by Crippen LogP contribution is 2.16.